The van der Waals surface area contributed by atoms with Gasteiger partial charge in [0.15, 0.2) is 0 Å². The third-order valence-corrected chi connectivity index (χ3v) is 3.55. The first-order valence-electron chi connectivity index (χ1n) is 7.22. The Morgan fingerprint density at radius 3 is 2.50 bits per heavy atom. The third-order valence-electron chi connectivity index (χ3n) is 3.55. The molecule has 0 aliphatic heterocycles. The molecular formula is C18H23NO. The number of ether oxygens (including phenoxy) is 1. The smallest absolute Gasteiger partial charge is 0.124 e. The maximum Gasteiger partial charge on any atom is 0.124 e. The molecule has 0 spiro atoms. The van der Waals surface area contributed by atoms with Crippen molar-refractivity contribution in [3.8, 4) is 5.75 Å². The Labute approximate surface area is 121 Å². The Hall–Kier alpha value is -1.80. The molecule has 106 valence electrons. The van der Waals surface area contributed by atoms with Crippen LogP contribution in [0.25, 0.3) is 0 Å². The molecule has 0 aliphatic rings. The Kier molecular flexibility index (Phi) is 5.19. The summed E-state index contributed by atoms with van der Waals surface area (Å²) in [7, 11) is 0. The van der Waals surface area contributed by atoms with Crippen LogP contribution in [-0.2, 0) is 6.54 Å². The predicted octanol–water partition coefficient (Wildman–Crippen LogP) is 4.24. The molecule has 20 heavy (non-hydrogen) atoms. The van der Waals surface area contributed by atoms with Crippen LogP contribution in [0.15, 0.2) is 48.5 Å². The second-order valence-electron chi connectivity index (χ2n) is 5.00. The van der Waals surface area contributed by atoms with Crippen molar-refractivity contribution in [2.45, 2.75) is 33.4 Å². The highest BCUT2D eigenvalue weighted by Crippen LogP contribution is 2.25. The lowest BCUT2D eigenvalue weighted by atomic mass is 10.1. The first-order valence-corrected chi connectivity index (χ1v) is 7.22. The van der Waals surface area contributed by atoms with E-state index in [4.69, 9.17) is 4.74 Å². The highest BCUT2D eigenvalue weighted by molar-refractivity contribution is 5.36. The van der Waals surface area contributed by atoms with Crippen LogP contribution < -0.4 is 10.1 Å². The van der Waals surface area contributed by atoms with Crippen LogP contribution in [0.5, 0.6) is 5.75 Å². The van der Waals surface area contributed by atoms with Crippen molar-refractivity contribution in [2.24, 2.45) is 0 Å². The molecule has 2 nitrogen and oxygen atoms in total. The number of aryl methyl sites for hydroxylation is 1. The molecular weight excluding hydrogens is 246 g/mol. The van der Waals surface area contributed by atoms with Gasteiger partial charge in [-0.3, -0.25) is 0 Å². The highest BCUT2D eigenvalue weighted by atomic mass is 16.5. The molecule has 0 aromatic heterocycles. The fourth-order valence-corrected chi connectivity index (χ4v) is 2.31. The monoisotopic (exact) mass is 269 g/mol. The quantitative estimate of drug-likeness (QED) is 0.846. The number of nitrogens with one attached hydrogen (secondary N) is 1. The lowest BCUT2D eigenvalue weighted by Gasteiger charge is -2.18. The van der Waals surface area contributed by atoms with Crippen molar-refractivity contribution in [3.05, 3.63) is 65.2 Å². The lowest BCUT2D eigenvalue weighted by molar-refractivity contribution is 0.332. The van der Waals surface area contributed by atoms with Crippen molar-refractivity contribution in [2.75, 3.05) is 6.61 Å². The van der Waals surface area contributed by atoms with E-state index in [1.165, 1.54) is 16.7 Å². The molecule has 1 atom stereocenters. The Morgan fingerprint density at radius 2 is 1.75 bits per heavy atom. The van der Waals surface area contributed by atoms with E-state index in [1.54, 1.807) is 0 Å². The van der Waals surface area contributed by atoms with Crippen LogP contribution >= 0.6 is 0 Å². The Bertz CT molecular complexity index is 551. The fourth-order valence-electron chi connectivity index (χ4n) is 2.31. The zero-order valence-electron chi connectivity index (χ0n) is 12.5. The molecule has 0 saturated carbocycles. The van der Waals surface area contributed by atoms with Gasteiger partial charge in [0.25, 0.3) is 0 Å². The van der Waals surface area contributed by atoms with E-state index in [-0.39, 0.29) is 6.04 Å². The molecule has 1 unspecified atom stereocenters. The van der Waals surface area contributed by atoms with Gasteiger partial charge < -0.3 is 10.1 Å². The van der Waals surface area contributed by atoms with Crippen LogP contribution in [0.1, 0.15) is 36.6 Å². The molecule has 0 fully saturated rings. The van der Waals surface area contributed by atoms with Gasteiger partial charge in [-0.05, 0) is 38.0 Å². The molecule has 2 aromatic rings. The summed E-state index contributed by atoms with van der Waals surface area (Å²) in [5.74, 6) is 0.972. The molecule has 1 N–H and O–H groups in total. The van der Waals surface area contributed by atoms with E-state index >= 15 is 0 Å². The van der Waals surface area contributed by atoms with Gasteiger partial charge in [0.1, 0.15) is 5.75 Å². The van der Waals surface area contributed by atoms with Crippen LogP contribution in [0, 0.1) is 6.92 Å². The Balaban J connectivity index is 2.05. The summed E-state index contributed by atoms with van der Waals surface area (Å²) in [4.78, 5) is 0. The average Bonchev–Trinajstić information content (AvgIpc) is 2.47. The van der Waals surface area contributed by atoms with E-state index in [0.717, 1.165) is 12.3 Å². The zero-order valence-corrected chi connectivity index (χ0v) is 12.5. The summed E-state index contributed by atoms with van der Waals surface area (Å²) in [6, 6.07) is 17.0. The van der Waals surface area contributed by atoms with E-state index in [0.29, 0.717) is 6.61 Å². The molecule has 2 aromatic carbocycles. The van der Waals surface area contributed by atoms with Gasteiger partial charge in [0.2, 0.25) is 0 Å². The molecule has 0 radical (unpaired) electrons. The summed E-state index contributed by atoms with van der Waals surface area (Å²) in [6.45, 7) is 7.91. The maximum atomic E-state index is 5.69. The van der Waals surface area contributed by atoms with Crippen LogP contribution in [-0.4, -0.2) is 6.61 Å². The molecule has 0 aliphatic carbocycles. The summed E-state index contributed by atoms with van der Waals surface area (Å²) < 4.78 is 5.69. The Morgan fingerprint density at radius 1 is 1.05 bits per heavy atom. The van der Waals surface area contributed by atoms with E-state index in [2.05, 4.69) is 55.6 Å². The highest BCUT2D eigenvalue weighted by Gasteiger charge is 2.10. The van der Waals surface area contributed by atoms with Gasteiger partial charge in [0, 0.05) is 18.2 Å². The summed E-state index contributed by atoms with van der Waals surface area (Å²) >= 11 is 0. The SMILES string of the molecule is CCOc1ccccc1C(C)NCc1ccccc1C. The van der Waals surface area contributed by atoms with Crippen molar-refractivity contribution in [3.63, 3.8) is 0 Å². The molecule has 0 saturated heterocycles. The van der Waals surface area contributed by atoms with E-state index < -0.39 is 0 Å². The second-order valence-corrected chi connectivity index (χ2v) is 5.00. The van der Waals surface area contributed by atoms with Crippen LogP contribution in [0.4, 0.5) is 0 Å². The first kappa shape index (κ1) is 14.6. The largest absolute Gasteiger partial charge is 0.494 e. The van der Waals surface area contributed by atoms with Gasteiger partial charge in [-0.15, -0.1) is 0 Å². The van der Waals surface area contributed by atoms with Gasteiger partial charge in [-0.1, -0.05) is 42.5 Å². The van der Waals surface area contributed by atoms with Gasteiger partial charge >= 0.3 is 0 Å². The lowest BCUT2D eigenvalue weighted by Crippen LogP contribution is -2.19. The standard InChI is InChI=1S/C18H23NO/c1-4-20-18-12-8-7-11-17(18)15(3)19-13-16-10-6-5-9-14(16)2/h5-12,15,19H,4,13H2,1-3H3. The number of rotatable bonds is 6. The van der Waals surface area contributed by atoms with Gasteiger partial charge in [-0.25, -0.2) is 0 Å². The molecule has 2 heteroatoms. The van der Waals surface area contributed by atoms with Gasteiger partial charge in [0.05, 0.1) is 6.61 Å². The van der Waals surface area contributed by atoms with E-state index in [9.17, 15) is 0 Å². The maximum absolute atomic E-state index is 5.69. The fraction of sp³-hybridized carbons (Fsp3) is 0.333. The van der Waals surface area contributed by atoms with Crippen LogP contribution in [0.3, 0.4) is 0 Å². The topological polar surface area (TPSA) is 21.3 Å². The number of benzene rings is 2. The number of para-hydroxylation sites is 1. The molecule has 0 amide bonds. The number of hydrogen-bond acceptors (Lipinski definition) is 2. The van der Waals surface area contributed by atoms with Crippen molar-refractivity contribution >= 4 is 0 Å². The summed E-state index contributed by atoms with van der Waals surface area (Å²) in [6.07, 6.45) is 0. The predicted molar refractivity (Wildman–Crippen MR) is 84.0 cm³/mol. The normalized spacial score (nSPS) is 12.2. The average molecular weight is 269 g/mol. The van der Waals surface area contributed by atoms with E-state index in [1.807, 2.05) is 19.1 Å². The minimum Gasteiger partial charge on any atom is -0.494 e. The van der Waals surface area contributed by atoms with Crippen molar-refractivity contribution < 1.29 is 4.74 Å². The first-order chi connectivity index (χ1) is 9.72. The van der Waals surface area contributed by atoms with Crippen molar-refractivity contribution in [1.82, 2.24) is 5.32 Å². The van der Waals surface area contributed by atoms with Gasteiger partial charge in [-0.2, -0.15) is 0 Å². The summed E-state index contributed by atoms with van der Waals surface area (Å²) in [5, 5.41) is 3.57. The molecule has 0 bridgehead atoms. The zero-order chi connectivity index (χ0) is 14.4. The minimum atomic E-state index is 0.261. The van der Waals surface area contributed by atoms with Crippen molar-refractivity contribution in [1.29, 1.82) is 0 Å². The number of hydrogen-bond donors (Lipinski definition) is 1. The minimum absolute atomic E-state index is 0.261. The molecule has 0 heterocycles. The summed E-state index contributed by atoms with van der Waals surface area (Å²) in [5.41, 5.74) is 3.88. The second kappa shape index (κ2) is 7.11. The van der Waals surface area contributed by atoms with Crippen LogP contribution in [0.2, 0.25) is 0 Å². The third kappa shape index (κ3) is 3.61. The molecule has 2 rings (SSSR count).